The molecule has 3 nitrogen and oxygen atoms in total. The first kappa shape index (κ1) is 15.5. The van der Waals surface area contributed by atoms with Crippen molar-refractivity contribution in [2.75, 3.05) is 5.73 Å². The Morgan fingerprint density at radius 2 is 2.05 bits per heavy atom. The molecular formula is C16H25NO2. The summed E-state index contributed by atoms with van der Waals surface area (Å²) in [5, 5.41) is 9.59. The maximum absolute atomic E-state index is 11.7. The number of aliphatic carboxylic acids is 1. The molecule has 0 aromatic heterocycles. The molecule has 2 atom stereocenters. The van der Waals surface area contributed by atoms with Crippen LogP contribution in [0, 0.1) is 12.8 Å². The van der Waals surface area contributed by atoms with Crippen molar-refractivity contribution in [3.8, 4) is 0 Å². The molecule has 1 aromatic rings. The minimum atomic E-state index is -0.764. The van der Waals surface area contributed by atoms with E-state index in [2.05, 4.69) is 13.8 Å². The molecule has 2 unspecified atom stereocenters. The Morgan fingerprint density at radius 3 is 2.58 bits per heavy atom. The number of nitrogen functional groups attached to an aromatic ring is 1. The van der Waals surface area contributed by atoms with Crippen molar-refractivity contribution in [3.63, 3.8) is 0 Å². The minimum Gasteiger partial charge on any atom is -0.481 e. The van der Waals surface area contributed by atoms with E-state index in [4.69, 9.17) is 5.73 Å². The normalized spacial score (nSPS) is 14.1. The van der Waals surface area contributed by atoms with E-state index in [1.54, 1.807) is 0 Å². The number of carboxylic acids is 1. The number of hydrogen-bond donors (Lipinski definition) is 2. The van der Waals surface area contributed by atoms with Crippen LogP contribution in [-0.4, -0.2) is 11.1 Å². The third-order valence-electron chi connectivity index (χ3n) is 3.88. The Labute approximate surface area is 115 Å². The molecule has 0 radical (unpaired) electrons. The number of benzene rings is 1. The number of unbranched alkanes of at least 4 members (excludes halogenated alkanes) is 1. The van der Waals surface area contributed by atoms with E-state index in [0.29, 0.717) is 5.69 Å². The lowest BCUT2D eigenvalue weighted by atomic mass is 9.80. The first-order valence-electron chi connectivity index (χ1n) is 7.10. The fourth-order valence-corrected chi connectivity index (χ4v) is 2.64. The summed E-state index contributed by atoms with van der Waals surface area (Å²) in [6.07, 6.45) is 3.96. The van der Waals surface area contributed by atoms with Gasteiger partial charge in [0.15, 0.2) is 0 Å². The van der Waals surface area contributed by atoms with Gasteiger partial charge >= 0.3 is 5.97 Å². The van der Waals surface area contributed by atoms with Gasteiger partial charge in [-0.1, -0.05) is 51.3 Å². The monoisotopic (exact) mass is 263 g/mol. The molecule has 0 fully saturated rings. The maximum atomic E-state index is 11.7. The van der Waals surface area contributed by atoms with Gasteiger partial charge in [0.25, 0.3) is 0 Å². The lowest BCUT2D eigenvalue weighted by Crippen LogP contribution is -2.22. The average Bonchev–Trinajstić information content (AvgIpc) is 2.38. The van der Waals surface area contributed by atoms with E-state index >= 15 is 0 Å². The van der Waals surface area contributed by atoms with Gasteiger partial charge in [0, 0.05) is 5.69 Å². The van der Waals surface area contributed by atoms with Crippen LogP contribution in [-0.2, 0) is 4.79 Å². The van der Waals surface area contributed by atoms with Gasteiger partial charge in [-0.3, -0.25) is 4.79 Å². The van der Waals surface area contributed by atoms with Crippen LogP contribution in [0.15, 0.2) is 18.2 Å². The number of para-hydroxylation sites is 1. The van der Waals surface area contributed by atoms with E-state index in [1.807, 2.05) is 25.1 Å². The molecule has 0 aliphatic rings. The lowest BCUT2D eigenvalue weighted by molar-refractivity contribution is -0.140. The zero-order valence-corrected chi connectivity index (χ0v) is 12.1. The molecule has 0 amide bonds. The Kier molecular flexibility index (Phi) is 5.87. The molecule has 106 valence electrons. The van der Waals surface area contributed by atoms with Gasteiger partial charge in [-0.2, -0.15) is 0 Å². The van der Waals surface area contributed by atoms with Gasteiger partial charge in [-0.05, 0) is 30.4 Å². The molecular weight excluding hydrogens is 238 g/mol. The van der Waals surface area contributed by atoms with Crippen LogP contribution in [0.1, 0.15) is 56.6 Å². The largest absolute Gasteiger partial charge is 0.481 e. The van der Waals surface area contributed by atoms with Crippen LogP contribution < -0.4 is 5.73 Å². The van der Waals surface area contributed by atoms with Crippen LogP contribution in [0.2, 0.25) is 0 Å². The Bertz CT molecular complexity index is 429. The molecule has 3 N–H and O–H groups in total. The second kappa shape index (κ2) is 7.17. The molecule has 0 heterocycles. The summed E-state index contributed by atoms with van der Waals surface area (Å²) in [6.45, 7) is 6.11. The molecule has 19 heavy (non-hydrogen) atoms. The molecule has 3 heteroatoms. The van der Waals surface area contributed by atoms with Crippen molar-refractivity contribution in [1.29, 1.82) is 0 Å². The predicted octanol–water partition coefficient (Wildman–Crippen LogP) is 3.96. The number of hydrogen-bond acceptors (Lipinski definition) is 2. The number of rotatable bonds is 7. The van der Waals surface area contributed by atoms with E-state index in [-0.39, 0.29) is 5.92 Å². The minimum absolute atomic E-state index is 0.154. The first-order chi connectivity index (χ1) is 9.02. The SMILES string of the molecule is CCCCC(CC)C(C(=O)O)c1cccc(C)c1N. The summed E-state index contributed by atoms with van der Waals surface area (Å²) in [5.74, 6) is -1.10. The van der Waals surface area contributed by atoms with Crippen LogP contribution >= 0.6 is 0 Å². The number of carboxylic acid groups (broad SMARTS) is 1. The summed E-state index contributed by atoms with van der Waals surface area (Å²) in [6, 6.07) is 5.67. The number of carbonyl (C=O) groups is 1. The summed E-state index contributed by atoms with van der Waals surface area (Å²) in [5.41, 5.74) is 8.44. The highest BCUT2D eigenvalue weighted by Crippen LogP contribution is 2.35. The Hall–Kier alpha value is -1.51. The second-order valence-electron chi connectivity index (χ2n) is 5.20. The highest BCUT2D eigenvalue weighted by molar-refractivity contribution is 5.79. The van der Waals surface area contributed by atoms with Crippen molar-refractivity contribution in [1.82, 2.24) is 0 Å². The standard InChI is InChI=1S/C16H25NO2/c1-4-6-9-12(5-2)14(16(18)19)13-10-7-8-11(3)15(13)17/h7-8,10,12,14H,4-6,9,17H2,1-3H3,(H,18,19). The maximum Gasteiger partial charge on any atom is 0.311 e. The van der Waals surface area contributed by atoms with Gasteiger partial charge < -0.3 is 10.8 Å². The van der Waals surface area contributed by atoms with Crippen molar-refractivity contribution >= 4 is 11.7 Å². The third-order valence-corrected chi connectivity index (χ3v) is 3.88. The van der Waals surface area contributed by atoms with Crippen LogP contribution in [0.5, 0.6) is 0 Å². The van der Waals surface area contributed by atoms with Crippen LogP contribution in [0.25, 0.3) is 0 Å². The first-order valence-corrected chi connectivity index (χ1v) is 7.10. The summed E-state index contributed by atoms with van der Waals surface area (Å²) < 4.78 is 0. The predicted molar refractivity (Wildman–Crippen MR) is 79.3 cm³/mol. The van der Waals surface area contributed by atoms with E-state index < -0.39 is 11.9 Å². The van der Waals surface area contributed by atoms with Gasteiger partial charge in [-0.25, -0.2) is 0 Å². The summed E-state index contributed by atoms with van der Waals surface area (Å²) >= 11 is 0. The highest BCUT2D eigenvalue weighted by Gasteiger charge is 2.29. The summed E-state index contributed by atoms with van der Waals surface area (Å²) in [7, 11) is 0. The van der Waals surface area contributed by atoms with Crippen molar-refractivity contribution < 1.29 is 9.90 Å². The van der Waals surface area contributed by atoms with Gasteiger partial charge in [0.05, 0.1) is 5.92 Å². The van der Waals surface area contributed by atoms with E-state index in [1.165, 1.54) is 0 Å². The fraction of sp³-hybridized carbons (Fsp3) is 0.562. The zero-order chi connectivity index (χ0) is 14.4. The van der Waals surface area contributed by atoms with Gasteiger partial charge in [0.2, 0.25) is 0 Å². The van der Waals surface area contributed by atoms with E-state index in [9.17, 15) is 9.90 Å². The van der Waals surface area contributed by atoms with Crippen LogP contribution in [0.3, 0.4) is 0 Å². The lowest BCUT2D eigenvalue weighted by Gasteiger charge is -2.24. The third kappa shape index (κ3) is 3.72. The zero-order valence-electron chi connectivity index (χ0n) is 12.1. The van der Waals surface area contributed by atoms with Crippen LogP contribution in [0.4, 0.5) is 5.69 Å². The number of anilines is 1. The summed E-state index contributed by atoms with van der Waals surface area (Å²) in [4.78, 5) is 11.7. The molecule has 0 bridgehead atoms. The van der Waals surface area contributed by atoms with Crippen molar-refractivity contribution in [2.45, 2.75) is 52.4 Å². The smallest absolute Gasteiger partial charge is 0.311 e. The average molecular weight is 263 g/mol. The molecule has 0 saturated carbocycles. The van der Waals surface area contributed by atoms with E-state index in [0.717, 1.165) is 36.8 Å². The quantitative estimate of drug-likeness (QED) is 0.732. The fourth-order valence-electron chi connectivity index (χ4n) is 2.64. The molecule has 0 spiro atoms. The molecule has 1 rings (SSSR count). The number of aryl methyl sites for hydroxylation is 1. The molecule has 0 aliphatic carbocycles. The molecule has 1 aromatic carbocycles. The van der Waals surface area contributed by atoms with Crippen molar-refractivity contribution in [2.24, 2.45) is 5.92 Å². The highest BCUT2D eigenvalue weighted by atomic mass is 16.4. The Balaban J connectivity index is 3.11. The van der Waals surface area contributed by atoms with Gasteiger partial charge in [0.1, 0.15) is 0 Å². The number of nitrogens with two attached hydrogens (primary N) is 1. The molecule has 0 aliphatic heterocycles. The molecule has 0 saturated heterocycles. The Morgan fingerprint density at radius 1 is 1.37 bits per heavy atom. The van der Waals surface area contributed by atoms with Gasteiger partial charge in [-0.15, -0.1) is 0 Å². The topological polar surface area (TPSA) is 63.3 Å². The van der Waals surface area contributed by atoms with Crippen molar-refractivity contribution in [3.05, 3.63) is 29.3 Å². The second-order valence-corrected chi connectivity index (χ2v) is 5.20.